The largest absolute Gasteiger partial charge is 0.444 e. The Morgan fingerprint density at radius 2 is 1.54 bits per heavy atom. The molecule has 1 aliphatic carbocycles. The van der Waals surface area contributed by atoms with Gasteiger partial charge in [0.2, 0.25) is 10.0 Å². The van der Waals surface area contributed by atoms with E-state index in [1.807, 2.05) is 67.6 Å². The molecule has 246 valence electrons. The van der Waals surface area contributed by atoms with Crippen molar-refractivity contribution in [1.82, 2.24) is 10.3 Å². The lowest BCUT2D eigenvalue weighted by molar-refractivity contribution is 0.0483. The number of nitrogens with zero attached hydrogens (tertiary/aromatic N) is 3. The molecule has 1 fully saturated rings. The number of allylic oxidation sites excluding steroid dienone is 1. The number of pyridine rings is 1. The Balaban J connectivity index is 1.71. The molecule has 0 bridgehead atoms. The number of hydrogen-bond donors (Lipinski definition) is 1. The summed E-state index contributed by atoms with van der Waals surface area (Å²) in [7, 11) is -2.23. The van der Waals surface area contributed by atoms with Crippen LogP contribution in [-0.2, 0) is 27.7 Å². The van der Waals surface area contributed by atoms with E-state index < -0.39 is 27.3 Å². The maximum Gasteiger partial charge on any atom is 0.408 e. The molecule has 1 aromatic heterocycles. The maximum atomic E-state index is 13.9. The Morgan fingerprint density at radius 1 is 0.978 bits per heavy atom. The van der Waals surface area contributed by atoms with Gasteiger partial charge in [-0.3, -0.25) is 9.10 Å². The molecule has 1 aliphatic rings. The van der Waals surface area contributed by atoms with Gasteiger partial charge >= 0.3 is 6.09 Å². The van der Waals surface area contributed by atoms with Crippen LogP contribution in [0.15, 0.2) is 84.9 Å². The van der Waals surface area contributed by atoms with E-state index >= 15 is 0 Å². The lowest BCUT2D eigenvalue weighted by atomic mass is 9.91. The van der Waals surface area contributed by atoms with E-state index in [1.54, 1.807) is 32.9 Å². The second kappa shape index (κ2) is 14.1. The highest BCUT2D eigenvalue weighted by Crippen LogP contribution is 2.39. The zero-order valence-electron chi connectivity index (χ0n) is 27.9. The first-order valence-corrected chi connectivity index (χ1v) is 17.4. The molecule has 1 N–H and O–H groups in total. The molecule has 0 spiro atoms. The van der Waals surface area contributed by atoms with Crippen LogP contribution >= 0.6 is 0 Å². The van der Waals surface area contributed by atoms with Crippen LogP contribution < -0.4 is 14.5 Å². The molecule has 0 aliphatic heterocycles. The second-order valence-electron chi connectivity index (χ2n) is 13.5. The number of carbonyl (C=O) groups is 2. The first kappa shape index (κ1) is 34.7. The molecule has 0 radical (unpaired) electrons. The highest BCUT2D eigenvalue weighted by Gasteiger charge is 2.35. The molecule has 1 amide bonds. The van der Waals surface area contributed by atoms with Gasteiger partial charge in [0.1, 0.15) is 17.2 Å². The van der Waals surface area contributed by atoms with Gasteiger partial charge in [0.05, 0.1) is 11.8 Å². The zero-order valence-corrected chi connectivity index (χ0v) is 28.7. The van der Waals surface area contributed by atoms with Crippen LogP contribution in [-0.4, -0.2) is 56.3 Å². The van der Waals surface area contributed by atoms with Gasteiger partial charge < -0.3 is 15.0 Å². The molecule has 46 heavy (non-hydrogen) atoms. The third-order valence-corrected chi connectivity index (χ3v) is 9.16. The molecule has 3 aromatic rings. The summed E-state index contributed by atoms with van der Waals surface area (Å²) in [4.78, 5) is 33.6. The van der Waals surface area contributed by atoms with Gasteiger partial charge in [-0.25, -0.2) is 18.2 Å². The van der Waals surface area contributed by atoms with Crippen LogP contribution in [0.1, 0.15) is 62.5 Å². The van der Waals surface area contributed by atoms with Crippen molar-refractivity contribution in [3.63, 3.8) is 0 Å². The predicted octanol–water partition coefficient (Wildman–Crippen LogP) is 6.41. The fourth-order valence-corrected chi connectivity index (χ4v) is 5.61. The highest BCUT2D eigenvalue weighted by atomic mass is 32.2. The predicted molar refractivity (Wildman–Crippen MR) is 184 cm³/mol. The van der Waals surface area contributed by atoms with Crippen LogP contribution in [0.3, 0.4) is 0 Å². The fourth-order valence-electron chi connectivity index (χ4n) is 5.17. The number of anilines is 2. The minimum absolute atomic E-state index is 0.151. The van der Waals surface area contributed by atoms with E-state index in [-0.39, 0.29) is 17.2 Å². The second-order valence-corrected chi connectivity index (χ2v) is 15.6. The van der Waals surface area contributed by atoms with Crippen LogP contribution in [0.25, 0.3) is 0 Å². The summed E-state index contributed by atoms with van der Waals surface area (Å²) in [5.41, 5.74) is 0.664. The average Bonchev–Trinajstić information content (AvgIpc) is 3.68. The van der Waals surface area contributed by atoms with Crippen LogP contribution in [0.2, 0.25) is 0 Å². The lowest BCUT2D eigenvalue weighted by Crippen LogP contribution is -2.48. The number of carbonyl (C=O) groups excluding carboxylic acids is 2. The molecule has 1 heterocycles. The summed E-state index contributed by atoms with van der Waals surface area (Å²) in [6.07, 6.45) is 5.11. The van der Waals surface area contributed by atoms with Gasteiger partial charge in [-0.1, -0.05) is 73.7 Å². The first-order chi connectivity index (χ1) is 21.5. The average molecular weight is 647 g/mol. The number of alkyl carbamates (subject to hydrolysis) is 1. The third kappa shape index (κ3) is 10.2. The summed E-state index contributed by atoms with van der Waals surface area (Å²) in [5, 5.41) is 2.94. The van der Waals surface area contributed by atoms with E-state index in [0.717, 1.165) is 34.7 Å². The molecular formula is C36H46N4O5S. The van der Waals surface area contributed by atoms with E-state index in [9.17, 15) is 18.0 Å². The number of amides is 1. The van der Waals surface area contributed by atoms with Crippen LogP contribution in [0.5, 0.6) is 0 Å². The number of benzene rings is 2. The molecule has 0 saturated heterocycles. The van der Waals surface area contributed by atoms with Crippen molar-refractivity contribution in [3.8, 4) is 0 Å². The van der Waals surface area contributed by atoms with Gasteiger partial charge in [0, 0.05) is 25.7 Å². The van der Waals surface area contributed by atoms with Crippen molar-refractivity contribution in [2.75, 3.05) is 29.1 Å². The number of ether oxygens (including phenoxy) is 1. The van der Waals surface area contributed by atoms with Crippen LogP contribution in [0.4, 0.5) is 16.4 Å². The fraction of sp³-hybridized carbons (Fsp3) is 0.417. The molecule has 2 aromatic carbocycles. The van der Waals surface area contributed by atoms with Gasteiger partial charge in [0.25, 0.3) is 0 Å². The van der Waals surface area contributed by atoms with Crippen LogP contribution in [0, 0.1) is 11.8 Å². The molecule has 3 atom stereocenters. The summed E-state index contributed by atoms with van der Waals surface area (Å²) < 4.78 is 31.8. The Morgan fingerprint density at radius 3 is 2.09 bits per heavy atom. The van der Waals surface area contributed by atoms with Gasteiger partial charge in [-0.15, -0.1) is 0 Å². The number of rotatable bonds is 13. The van der Waals surface area contributed by atoms with Crippen molar-refractivity contribution in [2.24, 2.45) is 11.8 Å². The number of nitrogens with one attached hydrogen (secondary N) is 1. The molecule has 3 unspecified atom stereocenters. The lowest BCUT2D eigenvalue weighted by Gasteiger charge is -2.30. The molecule has 10 heteroatoms. The van der Waals surface area contributed by atoms with Crippen molar-refractivity contribution < 1.29 is 22.7 Å². The number of sulfonamides is 1. The SMILES string of the molecule is CC1CC1CN(Cc1ccccc1)c1cc(C(=O)/C=C/C(C)(Cc2ccccc2)NC(=O)OC(C)(C)C)cc(N(C)S(C)(=O)=O)n1. The van der Waals surface area contributed by atoms with E-state index in [4.69, 9.17) is 9.72 Å². The van der Waals surface area contributed by atoms with Gasteiger partial charge in [0.15, 0.2) is 5.78 Å². The summed E-state index contributed by atoms with van der Waals surface area (Å²) in [6, 6.07) is 22.9. The van der Waals surface area contributed by atoms with Gasteiger partial charge in [-0.2, -0.15) is 0 Å². The third-order valence-electron chi connectivity index (χ3n) is 7.98. The normalized spacial score (nSPS) is 17.6. The first-order valence-electron chi connectivity index (χ1n) is 15.5. The number of aromatic nitrogens is 1. The van der Waals surface area contributed by atoms with E-state index in [1.165, 1.54) is 19.2 Å². The summed E-state index contributed by atoms with van der Waals surface area (Å²) in [5.74, 6) is 1.39. The quantitative estimate of drug-likeness (QED) is 0.169. The Labute approximate surface area is 273 Å². The van der Waals surface area contributed by atoms with Crippen molar-refractivity contribution in [1.29, 1.82) is 0 Å². The molecule has 1 saturated carbocycles. The van der Waals surface area contributed by atoms with Crippen molar-refractivity contribution >= 4 is 33.5 Å². The Hall–Kier alpha value is -4.18. The summed E-state index contributed by atoms with van der Waals surface area (Å²) >= 11 is 0. The molecule has 9 nitrogen and oxygen atoms in total. The zero-order chi connectivity index (χ0) is 33.7. The standard InChI is InChI=1S/C36H46N4O5S/c1-26-20-30(26)25-40(24-28-16-12-9-13-17-28)33-22-29(21-32(37-33)39(6)46(7,43)44)31(41)18-19-36(5,23-27-14-10-8-11-15-27)38-34(42)45-35(2,3)4/h8-19,21-22,26,30H,20,23-25H2,1-7H3,(H,38,42)/b19-18+. The monoisotopic (exact) mass is 646 g/mol. The van der Waals surface area contributed by atoms with E-state index in [0.29, 0.717) is 30.6 Å². The highest BCUT2D eigenvalue weighted by molar-refractivity contribution is 7.92. The van der Waals surface area contributed by atoms with Gasteiger partial charge in [-0.05, 0) is 81.7 Å². The number of ketones is 1. The Kier molecular flexibility index (Phi) is 10.6. The minimum atomic E-state index is -3.66. The number of hydrogen-bond acceptors (Lipinski definition) is 7. The summed E-state index contributed by atoms with van der Waals surface area (Å²) in [6.45, 7) is 10.7. The smallest absolute Gasteiger partial charge is 0.408 e. The minimum Gasteiger partial charge on any atom is -0.444 e. The maximum absolute atomic E-state index is 13.9. The topological polar surface area (TPSA) is 109 Å². The van der Waals surface area contributed by atoms with E-state index in [2.05, 4.69) is 17.1 Å². The molecule has 4 rings (SSSR count). The van der Waals surface area contributed by atoms with Crippen molar-refractivity contribution in [3.05, 3.63) is 102 Å². The Bertz CT molecular complexity index is 1650. The van der Waals surface area contributed by atoms with Crippen molar-refractivity contribution in [2.45, 2.75) is 65.1 Å². The molecular weight excluding hydrogens is 600 g/mol.